The summed E-state index contributed by atoms with van der Waals surface area (Å²) in [6.07, 6.45) is 1.37. The van der Waals surface area contributed by atoms with Crippen LogP contribution in [0.4, 0.5) is 17.2 Å². The normalized spacial score (nSPS) is 10.4. The van der Waals surface area contributed by atoms with Crippen LogP contribution in [0.1, 0.15) is 27.2 Å². The van der Waals surface area contributed by atoms with E-state index in [4.69, 9.17) is 4.74 Å². The Hall–Kier alpha value is -3.41. The van der Waals surface area contributed by atoms with Gasteiger partial charge in [-0.05, 0) is 56.2 Å². The maximum Gasteiger partial charge on any atom is 0.274 e. The molecule has 0 aliphatic carbocycles. The number of methoxy groups -OCH3 is 1. The summed E-state index contributed by atoms with van der Waals surface area (Å²) in [7, 11) is 1.62. The molecule has 0 radical (unpaired) electrons. The fraction of sp³-hybridized carbons (Fsp3) is 0.190. The Morgan fingerprint density at radius 3 is 2.26 bits per heavy atom. The molecule has 0 bridgehead atoms. The molecule has 0 saturated heterocycles. The van der Waals surface area contributed by atoms with Gasteiger partial charge in [0, 0.05) is 17.4 Å². The van der Waals surface area contributed by atoms with Gasteiger partial charge in [0.15, 0.2) is 0 Å². The molecule has 0 unspecified atom stereocenters. The number of nitrogens with one attached hydrogen (secondary N) is 2. The van der Waals surface area contributed by atoms with Gasteiger partial charge in [-0.3, -0.25) is 4.79 Å². The number of carbonyl (C=O) groups is 1. The third-order valence-electron chi connectivity index (χ3n) is 4.18. The monoisotopic (exact) mass is 362 g/mol. The second-order valence-corrected chi connectivity index (χ2v) is 6.37. The van der Waals surface area contributed by atoms with Crippen LogP contribution in [-0.2, 0) is 0 Å². The van der Waals surface area contributed by atoms with Crippen LogP contribution in [0.5, 0.6) is 5.75 Å². The van der Waals surface area contributed by atoms with Gasteiger partial charge in [-0.15, -0.1) is 0 Å². The van der Waals surface area contributed by atoms with Crippen LogP contribution in [0.15, 0.2) is 48.8 Å². The van der Waals surface area contributed by atoms with E-state index >= 15 is 0 Å². The highest BCUT2D eigenvalue weighted by molar-refractivity contribution is 6.04. The van der Waals surface area contributed by atoms with Crippen LogP contribution in [0, 0.1) is 20.8 Å². The minimum absolute atomic E-state index is 0.273. The molecule has 0 atom stereocenters. The van der Waals surface area contributed by atoms with Crippen LogP contribution in [-0.4, -0.2) is 23.0 Å². The number of amides is 1. The molecule has 3 rings (SSSR count). The van der Waals surface area contributed by atoms with E-state index in [1.165, 1.54) is 6.33 Å². The summed E-state index contributed by atoms with van der Waals surface area (Å²) in [6.45, 7) is 5.99. The highest BCUT2D eigenvalue weighted by Gasteiger charge is 2.12. The molecule has 0 fully saturated rings. The molecule has 1 amide bonds. The largest absolute Gasteiger partial charge is 0.497 e. The number of rotatable bonds is 5. The van der Waals surface area contributed by atoms with Crippen molar-refractivity contribution < 1.29 is 9.53 Å². The third-order valence-corrected chi connectivity index (χ3v) is 4.18. The Morgan fingerprint density at radius 2 is 1.63 bits per heavy atom. The standard InChI is InChI=1S/C21H22N4O2/c1-13-9-14(2)20(15(3)10-13)25-21(26)18-11-19(23-12-22-18)24-16-5-7-17(27-4)8-6-16/h5-12H,1-4H3,(H,25,26)(H,22,23,24). The van der Waals surface area contributed by atoms with E-state index in [1.54, 1.807) is 13.2 Å². The van der Waals surface area contributed by atoms with E-state index in [2.05, 4.69) is 20.6 Å². The molecule has 1 heterocycles. The molecule has 138 valence electrons. The lowest BCUT2D eigenvalue weighted by Crippen LogP contribution is -2.16. The number of aromatic nitrogens is 2. The minimum atomic E-state index is -0.273. The van der Waals surface area contributed by atoms with E-state index in [0.717, 1.165) is 33.8 Å². The van der Waals surface area contributed by atoms with Crippen molar-refractivity contribution in [3.63, 3.8) is 0 Å². The first-order valence-corrected chi connectivity index (χ1v) is 8.58. The number of hydrogen-bond donors (Lipinski definition) is 2. The van der Waals surface area contributed by atoms with Crippen molar-refractivity contribution >= 4 is 23.1 Å². The number of anilines is 3. The predicted molar refractivity (Wildman–Crippen MR) is 107 cm³/mol. The van der Waals surface area contributed by atoms with Gasteiger partial charge in [0.25, 0.3) is 5.91 Å². The molecule has 2 N–H and O–H groups in total. The van der Waals surface area contributed by atoms with E-state index < -0.39 is 0 Å². The maximum atomic E-state index is 12.6. The van der Waals surface area contributed by atoms with Crippen LogP contribution in [0.25, 0.3) is 0 Å². The van der Waals surface area contributed by atoms with Crippen molar-refractivity contribution in [2.24, 2.45) is 0 Å². The molecular weight excluding hydrogens is 340 g/mol. The van der Waals surface area contributed by atoms with Crippen molar-refractivity contribution in [1.29, 1.82) is 0 Å². The van der Waals surface area contributed by atoms with Gasteiger partial charge < -0.3 is 15.4 Å². The van der Waals surface area contributed by atoms with Gasteiger partial charge in [0.05, 0.1) is 7.11 Å². The smallest absolute Gasteiger partial charge is 0.274 e. The van der Waals surface area contributed by atoms with E-state index in [1.807, 2.05) is 57.2 Å². The molecule has 2 aromatic carbocycles. The lowest BCUT2D eigenvalue weighted by atomic mass is 10.0. The van der Waals surface area contributed by atoms with Gasteiger partial charge in [0.2, 0.25) is 0 Å². The Kier molecular flexibility index (Phi) is 5.35. The number of carbonyl (C=O) groups excluding carboxylic acids is 1. The first-order chi connectivity index (χ1) is 13.0. The summed E-state index contributed by atoms with van der Waals surface area (Å²) in [6, 6.07) is 13.1. The van der Waals surface area contributed by atoms with Gasteiger partial charge in [-0.2, -0.15) is 0 Å². The van der Waals surface area contributed by atoms with Crippen LogP contribution < -0.4 is 15.4 Å². The number of aryl methyl sites for hydroxylation is 3. The van der Waals surface area contributed by atoms with Gasteiger partial charge >= 0.3 is 0 Å². The Morgan fingerprint density at radius 1 is 0.963 bits per heavy atom. The minimum Gasteiger partial charge on any atom is -0.497 e. The molecule has 0 aliphatic rings. The number of hydrogen-bond acceptors (Lipinski definition) is 5. The molecule has 1 aromatic heterocycles. The molecule has 0 spiro atoms. The van der Waals surface area contributed by atoms with Crippen molar-refractivity contribution in [3.05, 3.63) is 71.2 Å². The van der Waals surface area contributed by atoms with Gasteiger partial charge in [-0.1, -0.05) is 17.7 Å². The van der Waals surface area contributed by atoms with Crippen molar-refractivity contribution in [3.8, 4) is 5.75 Å². The van der Waals surface area contributed by atoms with Crippen LogP contribution in [0.3, 0.4) is 0 Å². The van der Waals surface area contributed by atoms with E-state index in [-0.39, 0.29) is 5.91 Å². The summed E-state index contributed by atoms with van der Waals surface area (Å²) in [4.78, 5) is 20.9. The average molecular weight is 362 g/mol. The highest BCUT2D eigenvalue weighted by Crippen LogP contribution is 2.23. The van der Waals surface area contributed by atoms with Crippen molar-refractivity contribution in [1.82, 2.24) is 9.97 Å². The van der Waals surface area contributed by atoms with Crippen molar-refractivity contribution in [2.45, 2.75) is 20.8 Å². The fourth-order valence-electron chi connectivity index (χ4n) is 2.93. The number of ether oxygens (including phenoxy) is 1. The van der Waals surface area contributed by atoms with E-state index in [9.17, 15) is 4.79 Å². The first kappa shape index (κ1) is 18.4. The number of benzene rings is 2. The second-order valence-electron chi connectivity index (χ2n) is 6.37. The molecular formula is C21H22N4O2. The zero-order chi connectivity index (χ0) is 19.4. The van der Waals surface area contributed by atoms with Crippen molar-refractivity contribution in [2.75, 3.05) is 17.7 Å². The quantitative estimate of drug-likeness (QED) is 0.703. The lowest BCUT2D eigenvalue weighted by molar-refractivity contribution is 0.102. The van der Waals surface area contributed by atoms with Gasteiger partial charge in [0.1, 0.15) is 23.6 Å². The Bertz CT molecular complexity index is 945. The topological polar surface area (TPSA) is 76.1 Å². The number of nitrogens with zero attached hydrogens (tertiary/aromatic N) is 2. The Labute approximate surface area is 158 Å². The average Bonchev–Trinajstić information content (AvgIpc) is 2.65. The summed E-state index contributed by atoms with van der Waals surface area (Å²) in [5.41, 5.74) is 5.15. The molecule has 27 heavy (non-hydrogen) atoms. The molecule has 3 aromatic rings. The summed E-state index contributed by atoms with van der Waals surface area (Å²) in [5, 5.41) is 6.11. The Balaban J connectivity index is 1.77. The molecule has 6 heteroatoms. The van der Waals surface area contributed by atoms with E-state index in [0.29, 0.717) is 11.5 Å². The predicted octanol–water partition coefficient (Wildman–Crippen LogP) is 4.41. The zero-order valence-electron chi connectivity index (χ0n) is 15.8. The second kappa shape index (κ2) is 7.86. The molecule has 0 aliphatic heterocycles. The maximum absolute atomic E-state index is 12.6. The first-order valence-electron chi connectivity index (χ1n) is 8.58. The molecule has 6 nitrogen and oxygen atoms in total. The van der Waals surface area contributed by atoms with Crippen LogP contribution >= 0.6 is 0 Å². The SMILES string of the molecule is COc1ccc(Nc2cc(C(=O)Nc3c(C)cc(C)cc3C)ncn2)cc1. The lowest BCUT2D eigenvalue weighted by Gasteiger charge is -2.13. The fourth-order valence-corrected chi connectivity index (χ4v) is 2.93. The summed E-state index contributed by atoms with van der Waals surface area (Å²) in [5.74, 6) is 1.04. The third kappa shape index (κ3) is 4.41. The summed E-state index contributed by atoms with van der Waals surface area (Å²) < 4.78 is 5.15. The van der Waals surface area contributed by atoms with Crippen LogP contribution in [0.2, 0.25) is 0 Å². The molecule has 0 saturated carbocycles. The summed E-state index contributed by atoms with van der Waals surface area (Å²) >= 11 is 0. The zero-order valence-corrected chi connectivity index (χ0v) is 15.8. The van der Waals surface area contributed by atoms with Gasteiger partial charge in [-0.25, -0.2) is 9.97 Å². The highest BCUT2D eigenvalue weighted by atomic mass is 16.5.